The van der Waals surface area contributed by atoms with E-state index in [9.17, 15) is 17.6 Å². The third-order valence-electron chi connectivity index (χ3n) is 5.38. The number of carbonyl (C=O) groups is 1. The highest BCUT2D eigenvalue weighted by atomic mass is 32.2. The van der Waals surface area contributed by atoms with E-state index >= 15 is 0 Å². The number of rotatable bonds is 7. The number of piperidine rings is 1. The van der Waals surface area contributed by atoms with Crippen LogP contribution in [-0.2, 0) is 10.0 Å². The molecule has 3 unspecified atom stereocenters. The highest BCUT2D eigenvalue weighted by Gasteiger charge is 2.23. The van der Waals surface area contributed by atoms with Crippen LogP contribution in [0, 0.1) is 17.7 Å². The van der Waals surface area contributed by atoms with Gasteiger partial charge in [-0.15, -0.1) is 0 Å². The van der Waals surface area contributed by atoms with Gasteiger partial charge in [-0.25, -0.2) is 12.8 Å². The highest BCUT2D eigenvalue weighted by molar-refractivity contribution is 7.92. The maximum absolute atomic E-state index is 13.0. The van der Waals surface area contributed by atoms with Crippen molar-refractivity contribution in [3.05, 3.63) is 59.9 Å². The standard InChI is InChI=1S/C23H30FN3O3S/c1-16-12-17(2)14-27(13-16)15-18(3)25-23(28)19-4-8-21(9-5-19)26-31(29,30)22-10-6-20(24)7-11-22/h4-11,16-18,26H,12-15H2,1-3H3,(H,25,28). The first kappa shape index (κ1) is 23.2. The number of nitrogens with one attached hydrogen (secondary N) is 2. The Morgan fingerprint density at radius 1 is 1.06 bits per heavy atom. The van der Waals surface area contributed by atoms with Crippen LogP contribution in [0.4, 0.5) is 10.1 Å². The molecule has 2 aromatic rings. The molecule has 3 atom stereocenters. The van der Waals surface area contributed by atoms with Crippen molar-refractivity contribution in [3.8, 4) is 0 Å². The second-order valence-electron chi connectivity index (χ2n) is 8.68. The molecule has 0 spiro atoms. The van der Waals surface area contributed by atoms with Crippen molar-refractivity contribution < 1.29 is 17.6 Å². The summed E-state index contributed by atoms with van der Waals surface area (Å²) in [6.45, 7) is 9.42. The largest absolute Gasteiger partial charge is 0.348 e. The molecular formula is C23H30FN3O3S. The Balaban J connectivity index is 1.56. The summed E-state index contributed by atoms with van der Waals surface area (Å²) in [5.41, 5.74) is 0.780. The summed E-state index contributed by atoms with van der Waals surface area (Å²) in [6, 6.07) is 10.8. The van der Waals surface area contributed by atoms with E-state index in [1.165, 1.54) is 30.7 Å². The Hall–Kier alpha value is -2.45. The number of anilines is 1. The molecule has 0 saturated carbocycles. The van der Waals surface area contributed by atoms with Gasteiger partial charge in [0.15, 0.2) is 0 Å². The lowest BCUT2D eigenvalue weighted by molar-refractivity contribution is 0.0905. The molecule has 0 radical (unpaired) electrons. The van der Waals surface area contributed by atoms with E-state index in [1.807, 2.05) is 6.92 Å². The van der Waals surface area contributed by atoms with Gasteiger partial charge in [0, 0.05) is 36.9 Å². The van der Waals surface area contributed by atoms with E-state index in [0.717, 1.165) is 31.8 Å². The molecule has 0 bridgehead atoms. The SMILES string of the molecule is CC1CC(C)CN(CC(C)NC(=O)c2ccc(NS(=O)(=O)c3ccc(F)cc3)cc2)C1. The summed E-state index contributed by atoms with van der Waals surface area (Å²) in [5, 5.41) is 3.02. The summed E-state index contributed by atoms with van der Waals surface area (Å²) in [5.74, 6) is 0.627. The van der Waals surface area contributed by atoms with Crippen molar-refractivity contribution >= 4 is 21.6 Å². The molecule has 168 valence electrons. The quantitative estimate of drug-likeness (QED) is 0.678. The molecule has 2 N–H and O–H groups in total. The smallest absolute Gasteiger partial charge is 0.261 e. The molecule has 2 aromatic carbocycles. The number of likely N-dealkylation sites (tertiary alicyclic amines) is 1. The molecule has 1 aliphatic heterocycles. The summed E-state index contributed by atoms with van der Waals surface area (Å²) in [7, 11) is -3.83. The average molecular weight is 448 g/mol. The predicted molar refractivity (Wildman–Crippen MR) is 120 cm³/mol. The van der Waals surface area contributed by atoms with Gasteiger partial charge in [0.2, 0.25) is 0 Å². The topological polar surface area (TPSA) is 78.5 Å². The van der Waals surface area contributed by atoms with Gasteiger partial charge in [-0.1, -0.05) is 13.8 Å². The van der Waals surface area contributed by atoms with Gasteiger partial charge >= 0.3 is 0 Å². The summed E-state index contributed by atoms with van der Waals surface area (Å²) in [4.78, 5) is 14.9. The fourth-order valence-electron chi connectivity index (χ4n) is 4.20. The average Bonchev–Trinajstić information content (AvgIpc) is 2.67. The molecule has 3 rings (SSSR count). The van der Waals surface area contributed by atoms with E-state index in [1.54, 1.807) is 12.1 Å². The lowest BCUT2D eigenvalue weighted by Crippen LogP contribution is -2.47. The maximum Gasteiger partial charge on any atom is 0.261 e. The number of carbonyl (C=O) groups excluding carboxylic acids is 1. The highest BCUT2D eigenvalue weighted by Crippen LogP contribution is 2.21. The lowest BCUT2D eigenvalue weighted by atomic mass is 9.92. The summed E-state index contributed by atoms with van der Waals surface area (Å²) in [6.07, 6.45) is 1.24. The van der Waals surface area contributed by atoms with Gasteiger partial charge in [0.05, 0.1) is 4.90 Å². The first-order valence-electron chi connectivity index (χ1n) is 10.5. The van der Waals surface area contributed by atoms with Crippen LogP contribution in [0.1, 0.15) is 37.6 Å². The Kier molecular flexibility index (Phi) is 7.33. The minimum Gasteiger partial charge on any atom is -0.348 e. The van der Waals surface area contributed by atoms with Crippen molar-refractivity contribution in [3.63, 3.8) is 0 Å². The first-order valence-corrected chi connectivity index (χ1v) is 12.0. The molecular weight excluding hydrogens is 417 g/mol. The van der Waals surface area contributed by atoms with Crippen LogP contribution >= 0.6 is 0 Å². The first-order chi connectivity index (χ1) is 14.6. The fourth-order valence-corrected chi connectivity index (χ4v) is 5.26. The molecule has 31 heavy (non-hydrogen) atoms. The second kappa shape index (κ2) is 9.78. The van der Waals surface area contributed by atoms with Crippen molar-refractivity contribution in [2.45, 2.75) is 38.1 Å². The Morgan fingerprint density at radius 3 is 2.23 bits per heavy atom. The van der Waals surface area contributed by atoms with Crippen LogP contribution in [0.2, 0.25) is 0 Å². The number of nitrogens with zero attached hydrogens (tertiary/aromatic N) is 1. The number of benzene rings is 2. The van der Waals surface area contributed by atoms with Crippen molar-refractivity contribution in [2.75, 3.05) is 24.4 Å². The van der Waals surface area contributed by atoms with Crippen LogP contribution < -0.4 is 10.0 Å². The number of sulfonamides is 1. The van der Waals surface area contributed by atoms with Crippen molar-refractivity contribution in [1.82, 2.24) is 10.2 Å². The van der Waals surface area contributed by atoms with Gasteiger partial charge in [-0.2, -0.15) is 0 Å². The monoisotopic (exact) mass is 447 g/mol. The number of amides is 1. The normalized spacial score (nSPS) is 20.8. The molecule has 1 amide bonds. The van der Waals surface area contributed by atoms with Gasteiger partial charge in [0.25, 0.3) is 15.9 Å². The Morgan fingerprint density at radius 2 is 1.65 bits per heavy atom. The minimum absolute atomic E-state index is 0.00153. The van der Waals surface area contributed by atoms with Gasteiger partial charge in [-0.3, -0.25) is 9.52 Å². The fraction of sp³-hybridized carbons (Fsp3) is 0.435. The zero-order chi connectivity index (χ0) is 22.6. The molecule has 8 heteroatoms. The van der Waals surface area contributed by atoms with Gasteiger partial charge in [-0.05, 0) is 73.7 Å². The molecule has 0 aliphatic carbocycles. The predicted octanol–water partition coefficient (Wildman–Crippen LogP) is 3.72. The van der Waals surface area contributed by atoms with Gasteiger partial charge < -0.3 is 10.2 Å². The molecule has 6 nitrogen and oxygen atoms in total. The van der Waals surface area contributed by atoms with Gasteiger partial charge in [0.1, 0.15) is 5.82 Å². The van der Waals surface area contributed by atoms with E-state index < -0.39 is 15.8 Å². The zero-order valence-electron chi connectivity index (χ0n) is 18.1. The second-order valence-corrected chi connectivity index (χ2v) is 10.4. The van der Waals surface area contributed by atoms with E-state index in [0.29, 0.717) is 23.1 Å². The lowest BCUT2D eigenvalue weighted by Gasteiger charge is -2.36. The van der Waals surface area contributed by atoms with Crippen LogP contribution in [0.5, 0.6) is 0 Å². The number of hydrogen-bond donors (Lipinski definition) is 2. The van der Waals surface area contributed by atoms with Crippen molar-refractivity contribution in [1.29, 1.82) is 0 Å². The zero-order valence-corrected chi connectivity index (χ0v) is 19.0. The minimum atomic E-state index is -3.83. The van der Waals surface area contributed by atoms with Crippen LogP contribution in [0.3, 0.4) is 0 Å². The van der Waals surface area contributed by atoms with E-state index in [-0.39, 0.29) is 16.8 Å². The maximum atomic E-state index is 13.0. The Bertz CT molecular complexity index is 984. The van der Waals surface area contributed by atoms with Crippen LogP contribution in [-0.4, -0.2) is 44.9 Å². The van der Waals surface area contributed by atoms with Crippen LogP contribution in [0.15, 0.2) is 53.4 Å². The molecule has 1 saturated heterocycles. The molecule has 0 aromatic heterocycles. The number of hydrogen-bond acceptors (Lipinski definition) is 4. The third-order valence-corrected chi connectivity index (χ3v) is 6.77. The van der Waals surface area contributed by atoms with Crippen LogP contribution in [0.25, 0.3) is 0 Å². The molecule has 1 heterocycles. The summed E-state index contributed by atoms with van der Waals surface area (Å²) >= 11 is 0. The molecule has 1 aliphatic rings. The number of halogens is 1. The van der Waals surface area contributed by atoms with Crippen molar-refractivity contribution in [2.24, 2.45) is 11.8 Å². The third kappa shape index (κ3) is 6.51. The van der Waals surface area contributed by atoms with E-state index in [2.05, 4.69) is 28.8 Å². The summed E-state index contributed by atoms with van der Waals surface area (Å²) < 4.78 is 40.2. The Labute approximate surface area is 183 Å². The van der Waals surface area contributed by atoms with E-state index in [4.69, 9.17) is 0 Å². The molecule has 1 fully saturated rings.